The molecule has 0 atom stereocenters. The molecule has 0 fully saturated rings. The zero-order valence-corrected chi connectivity index (χ0v) is 13.9. The van der Waals surface area contributed by atoms with E-state index >= 15 is 0 Å². The minimum absolute atomic E-state index is 0.453. The maximum absolute atomic E-state index is 5.93. The largest absolute Gasteiger partial charge is 0.384 e. The molecule has 0 radical (unpaired) electrons. The number of amidine groups is 1. The molecule has 0 aliphatic carbocycles. The van der Waals surface area contributed by atoms with Crippen molar-refractivity contribution in [3.63, 3.8) is 0 Å². The number of benzene rings is 2. The fraction of sp³-hybridized carbons (Fsp3) is 0. The van der Waals surface area contributed by atoms with Crippen molar-refractivity contribution < 1.29 is 0 Å². The van der Waals surface area contributed by atoms with E-state index < -0.39 is 0 Å². The Labute approximate surface area is 144 Å². The van der Waals surface area contributed by atoms with Crippen LogP contribution in [0.15, 0.2) is 76.4 Å². The molecule has 2 nitrogen and oxygen atoms in total. The van der Waals surface area contributed by atoms with Gasteiger partial charge < -0.3 is 5.73 Å². The average Bonchev–Trinajstić information content (AvgIpc) is 3.10. The lowest BCUT2D eigenvalue weighted by atomic mass is 10.1. The van der Waals surface area contributed by atoms with Crippen molar-refractivity contribution in [2.24, 2.45) is 10.7 Å². The molecule has 0 aliphatic rings. The molecular weight excluding hydrogens is 324 g/mol. The van der Waals surface area contributed by atoms with Crippen LogP contribution in [0.1, 0.15) is 5.56 Å². The summed E-state index contributed by atoms with van der Waals surface area (Å²) in [4.78, 5) is 4.32. The van der Waals surface area contributed by atoms with E-state index in [0.29, 0.717) is 10.9 Å². The first kappa shape index (κ1) is 15.5. The summed E-state index contributed by atoms with van der Waals surface area (Å²) in [5, 5.41) is 4.90. The number of nitrogens with two attached hydrogens (primary N) is 1. The minimum Gasteiger partial charge on any atom is -0.384 e. The fourth-order valence-electron chi connectivity index (χ4n) is 2.10. The first-order valence-corrected chi connectivity index (χ1v) is 8.43. The van der Waals surface area contributed by atoms with Crippen LogP contribution >= 0.6 is 22.9 Å². The van der Waals surface area contributed by atoms with Crippen LogP contribution in [-0.2, 0) is 0 Å². The summed E-state index contributed by atoms with van der Waals surface area (Å²) in [5.74, 6) is 0.453. The third-order valence-electron chi connectivity index (χ3n) is 3.30. The van der Waals surface area contributed by atoms with Crippen LogP contribution in [0.4, 0.5) is 5.69 Å². The van der Waals surface area contributed by atoms with Crippen LogP contribution in [0.3, 0.4) is 0 Å². The smallest absolute Gasteiger partial charge is 0.124 e. The van der Waals surface area contributed by atoms with E-state index in [1.807, 2.05) is 18.2 Å². The van der Waals surface area contributed by atoms with Gasteiger partial charge in [-0.05, 0) is 63.9 Å². The molecule has 0 saturated heterocycles. The molecule has 1 aromatic heterocycles. The van der Waals surface area contributed by atoms with E-state index in [0.717, 1.165) is 11.3 Å². The number of aliphatic imine (C=N–C) groups is 1. The highest BCUT2D eigenvalue weighted by atomic mass is 35.5. The third kappa shape index (κ3) is 4.31. The minimum atomic E-state index is 0.453. The van der Waals surface area contributed by atoms with Crippen molar-refractivity contribution in [3.8, 4) is 11.1 Å². The summed E-state index contributed by atoms with van der Waals surface area (Å²) in [5.41, 5.74) is 10.3. The number of hydrogen-bond donors (Lipinski definition) is 1. The average molecular weight is 339 g/mol. The standard InChI is InChI=1S/C19H15ClN2S/c20-17-6-8-18(9-7-17)22-19(21)10-3-14-1-4-15(5-2-14)16-11-12-23-13-16/h1-13H,(H2,21,22). The second-order valence-corrected chi connectivity index (χ2v) is 6.20. The highest BCUT2D eigenvalue weighted by molar-refractivity contribution is 7.08. The van der Waals surface area contributed by atoms with Crippen LogP contribution in [0.25, 0.3) is 17.2 Å². The van der Waals surface area contributed by atoms with Gasteiger partial charge in [-0.1, -0.05) is 41.9 Å². The lowest BCUT2D eigenvalue weighted by molar-refractivity contribution is 1.48. The zero-order valence-electron chi connectivity index (χ0n) is 12.3. The molecule has 4 heteroatoms. The van der Waals surface area contributed by atoms with Crippen LogP contribution in [-0.4, -0.2) is 5.84 Å². The van der Waals surface area contributed by atoms with E-state index in [1.54, 1.807) is 29.5 Å². The van der Waals surface area contributed by atoms with E-state index in [1.165, 1.54) is 11.1 Å². The normalized spacial score (nSPS) is 12.0. The first-order valence-electron chi connectivity index (χ1n) is 7.11. The van der Waals surface area contributed by atoms with Crippen LogP contribution in [0, 0.1) is 0 Å². The summed E-state index contributed by atoms with van der Waals surface area (Å²) in [7, 11) is 0. The van der Waals surface area contributed by atoms with Crippen molar-refractivity contribution >= 4 is 40.5 Å². The van der Waals surface area contributed by atoms with Gasteiger partial charge in [0.1, 0.15) is 5.84 Å². The van der Waals surface area contributed by atoms with Gasteiger partial charge in [-0.2, -0.15) is 11.3 Å². The Hall–Kier alpha value is -2.36. The van der Waals surface area contributed by atoms with Gasteiger partial charge in [-0.3, -0.25) is 0 Å². The fourth-order valence-corrected chi connectivity index (χ4v) is 2.89. The molecular formula is C19H15ClN2S. The van der Waals surface area contributed by atoms with E-state index in [4.69, 9.17) is 17.3 Å². The highest BCUT2D eigenvalue weighted by Gasteiger charge is 1.97. The maximum atomic E-state index is 5.93. The molecule has 3 aromatic rings. The van der Waals surface area contributed by atoms with Crippen molar-refractivity contribution in [3.05, 3.63) is 82.0 Å². The molecule has 1 heterocycles. The zero-order chi connectivity index (χ0) is 16.1. The molecule has 3 rings (SSSR count). The maximum Gasteiger partial charge on any atom is 0.124 e. The van der Waals surface area contributed by atoms with Crippen LogP contribution < -0.4 is 5.73 Å². The molecule has 23 heavy (non-hydrogen) atoms. The second kappa shape index (κ2) is 7.27. The third-order valence-corrected chi connectivity index (χ3v) is 4.23. The second-order valence-electron chi connectivity index (χ2n) is 4.98. The first-order chi connectivity index (χ1) is 11.2. The van der Waals surface area contributed by atoms with E-state index in [-0.39, 0.29) is 0 Å². The molecule has 2 N–H and O–H groups in total. The number of halogens is 1. The summed E-state index contributed by atoms with van der Waals surface area (Å²) < 4.78 is 0. The summed E-state index contributed by atoms with van der Waals surface area (Å²) >= 11 is 7.55. The Balaban J connectivity index is 1.70. The van der Waals surface area contributed by atoms with Gasteiger partial charge in [-0.25, -0.2) is 4.99 Å². The Kier molecular flexibility index (Phi) is 4.91. The topological polar surface area (TPSA) is 38.4 Å². The van der Waals surface area contributed by atoms with Crippen molar-refractivity contribution in [2.75, 3.05) is 0 Å². The Morgan fingerprint density at radius 2 is 1.70 bits per heavy atom. The van der Waals surface area contributed by atoms with Crippen LogP contribution in [0.5, 0.6) is 0 Å². The van der Waals surface area contributed by atoms with Gasteiger partial charge in [0.15, 0.2) is 0 Å². The van der Waals surface area contributed by atoms with Gasteiger partial charge in [-0.15, -0.1) is 0 Å². The predicted octanol–water partition coefficient (Wildman–Crippen LogP) is 5.77. The van der Waals surface area contributed by atoms with E-state index in [9.17, 15) is 0 Å². The van der Waals surface area contributed by atoms with Crippen molar-refractivity contribution in [2.45, 2.75) is 0 Å². The van der Waals surface area contributed by atoms with E-state index in [2.05, 4.69) is 46.1 Å². The van der Waals surface area contributed by atoms with Gasteiger partial charge in [0.05, 0.1) is 5.69 Å². The summed E-state index contributed by atoms with van der Waals surface area (Å²) in [6, 6.07) is 17.7. The molecule has 0 amide bonds. The van der Waals surface area contributed by atoms with Gasteiger partial charge in [0.25, 0.3) is 0 Å². The Bertz CT molecular complexity index is 817. The molecule has 0 spiro atoms. The van der Waals surface area contributed by atoms with Gasteiger partial charge in [0, 0.05) is 5.02 Å². The summed E-state index contributed by atoms with van der Waals surface area (Å²) in [6.07, 6.45) is 3.75. The molecule has 0 aliphatic heterocycles. The molecule has 114 valence electrons. The molecule has 2 aromatic carbocycles. The lowest BCUT2D eigenvalue weighted by Crippen LogP contribution is -2.06. The molecule has 0 saturated carbocycles. The molecule has 0 unspecified atom stereocenters. The quantitative estimate of drug-likeness (QED) is 0.476. The SMILES string of the molecule is NC(C=Cc1ccc(-c2ccsc2)cc1)=Nc1ccc(Cl)cc1. The molecule has 0 bridgehead atoms. The van der Waals surface area contributed by atoms with Crippen molar-refractivity contribution in [1.82, 2.24) is 0 Å². The van der Waals surface area contributed by atoms with Crippen molar-refractivity contribution in [1.29, 1.82) is 0 Å². The number of rotatable bonds is 4. The monoisotopic (exact) mass is 338 g/mol. The number of hydrogen-bond acceptors (Lipinski definition) is 2. The Morgan fingerprint density at radius 3 is 2.35 bits per heavy atom. The van der Waals surface area contributed by atoms with Gasteiger partial charge in [0.2, 0.25) is 0 Å². The highest BCUT2D eigenvalue weighted by Crippen LogP contribution is 2.22. The summed E-state index contributed by atoms with van der Waals surface area (Å²) in [6.45, 7) is 0. The number of nitrogens with zero attached hydrogens (tertiary/aromatic N) is 1. The Morgan fingerprint density at radius 1 is 0.957 bits per heavy atom. The predicted molar refractivity (Wildman–Crippen MR) is 102 cm³/mol. The number of thiophene rings is 1. The van der Waals surface area contributed by atoms with Crippen LogP contribution in [0.2, 0.25) is 5.02 Å². The van der Waals surface area contributed by atoms with Gasteiger partial charge >= 0.3 is 0 Å². The lowest BCUT2D eigenvalue weighted by Gasteiger charge is -1.99.